The van der Waals surface area contributed by atoms with E-state index in [2.05, 4.69) is 5.32 Å². The maximum Gasteiger partial charge on any atom is 0.407 e. The van der Waals surface area contributed by atoms with Gasteiger partial charge >= 0.3 is 41.1 Å². The van der Waals surface area contributed by atoms with Gasteiger partial charge in [0.05, 0.1) is 0 Å². The summed E-state index contributed by atoms with van der Waals surface area (Å²) in [5, 5.41) is 30.5. The van der Waals surface area contributed by atoms with Crippen LogP contribution in [0.5, 0.6) is 0 Å². The fraction of sp³-hybridized carbons (Fsp3) is 0.435. The molecule has 1 aromatic carbocycles. The van der Waals surface area contributed by atoms with Crippen LogP contribution in [0.25, 0.3) is 0 Å². The lowest BCUT2D eigenvalue weighted by atomic mass is 10.1. The Labute approximate surface area is 214 Å². The van der Waals surface area contributed by atoms with Gasteiger partial charge in [0.2, 0.25) is 0 Å². The lowest BCUT2D eigenvalue weighted by molar-refractivity contribution is -0.142. The average Bonchev–Trinajstić information content (AvgIpc) is 2.86. The summed E-state index contributed by atoms with van der Waals surface area (Å²) in [7, 11) is 0.942. The van der Waals surface area contributed by atoms with E-state index in [4.69, 9.17) is 9.84 Å². The van der Waals surface area contributed by atoms with Crippen molar-refractivity contribution in [1.82, 2.24) is 19.0 Å². The molecule has 0 spiro atoms. The third kappa shape index (κ3) is 7.65. The highest BCUT2D eigenvalue weighted by molar-refractivity contribution is 5.74. The molecule has 0 radical (unpaired) electrons. The molecular weight excluding hydrogens is 508 g/mol. The van der Waals surface area contributed by atoms with Crippen molar-refractivity contribution < 1.29 is 39.2 Å². The lowest BCUT2D eigenvalue weighted by Gasteiger charge is -2.20. The van der Waals surface area contributed by atoms with E-state index < -0.39 is 66.0 Å². The van der Waals surface area contributed by atoms with Crippen LogP contribution < -0.4 is 22.4 Å². The quantitative estimate of drug-likeness (QED) is 0.234. The molecule has 2 atom stereocenters. The molecule has 2 rings (SSSR count). The molecule has 0 bridgehead atoms. The molecule has 0 aliphatic carbocycles. The van der Waals surface area contributed by atoms with E-state index in [0.29, 0.717) is 4.57 Å². The minimum absolute atomic E-state index is 0.0550. The number of amides is 1. The Bertz CT molecular complexity index is 1340. The topological polar surface area (TPSA) is 216 Å². The molecule has 0 aliphatic rings. The van der Waals surface area contributed by atoms with Gasteiger partial charge in [0.15, 0.2) is 0 Å². The zero-order valence-electron chi connectivity index (χ0n) is 20.4. The number of unbranched alkanes of at least 4 members (excludes halogenated alkanes) is 1. The maximum absolute atomic E-state index is 13.0. The number of hydrogen-bond acceptors (Lipinski definition) is 8. The summed E-state index contributed by atoms with van der Waals surface area (Å²) in [6, 6.07) is 5.25. The summed E-state index contributed by atoms with van der Waals surface area (Å²) in [5.74, 6) is -4.66. The van der Waals surface area contributed by atoms with Crippen molar-refractivity contribution in [3.63, 3.8) is 0 Å². The van der Waals surface area contributed by atoms with Gasteiger partial charge in [-0.3, -0.25) is 4.79 Å². The fourth-order valence-corrected chi connectivity index (χ4v) is 3.63. The third-order valence-corrected chi connectivity index (χ3v) is 5.61. The van der Waals surface area contributed by atoms with E-state index in [1.165, 1.54) is 0 Å². The number of ether oxygens (including phenoxy) is 1. The van der Waals surface area contributed by atoms with Gasteiger partial charge in [-0.25, -0.2) is 42.5 Å². The minimum Gasteiger partial charge on any atom is -0.481 e. The summed E-state index contributed by atoms with van der Waals surface area (Å²) in [5.41, 5.74) is -3.29. The van der Waals surface area contributed by atoms with Gasteiger partial charge in [-0.15, -0.1) is 0 Å². The summed E-state index contributed by atoms with van der Waals surface area (Å²) in [6.07, 6.45) is -1.95. The lowest BCUT2D eigenvalue weighted by Crippen LogP contribution is -2.57. The van der Waals surface area contributed by atoms with E-state index >= 15 is 0 Å². The molecule has 1 amide bonds. The Balaban J connectivity index is 2.15. The van der Waals surface area contributed by atoms with Crippen LogP contribution in [0.3, 0.4) is 0 Å². The summed E-state index contributed by atoms with van der Waals surface area (Å²) in [6.45, 7) is 0.155. The summed E-state index contributed by atoms with van der Waals surface area (Å²) < 4.78 is 5.88. The number of aromatic nitrogens is 3. The van der Waals surface area contributed by atoms with Crippen LogP contribution in [0.1, 0.15) is 49.8 Å². The number of nitrogens with one attached hydrogen (secondary N) is 1. The number of carbonyl (C=O) groups is 4. The van der Waals surface area contributed by atoms with Crippen molar-refractivity contribution in [2.45, 2.75) is 50.8 Å². The van der Waals surface area contributed by atoms with Gasteiger partial charge < -0.3 is 25.4 Å². The molecule has 2 unspecified atom stereocenters. The molecule has 0 aliphatic heterocycles. The molecule has 0 fully saturated rings. The van der Waals surface area contributed by atoms with Crippen molar-refractivity contribution in [2.24, 2.45) is 7.05 Å². The smallest absolute Gasteiger partial charge is 0.407 e. The monoisotopic (exact) mass is 536 g/mol. The zero-order valence-corrected chi connectivity index (χ0v) is 20.4. The molecule has 1 aromatic heterocycles. The molecule has 38 heavy (non-hydrogen) atoms. The van der Waals surface area contributed by atoms with Gasteiger partial charge in [-0.05, 0) is 31.2 Å². The first-order chi connectivity index (χ1) is 18.0. The number of nitrogens with zero attached hydrogens (tertiary/aromatic N) is 3. The molecule has 4 N–H and O–H groups in total. The van der Waals surface area contributed by atoms with E-state index in [0.717, 1.165) is 12.6 Å². The first-order valence-corrected chi connectivity index (χ1v) is 11.5. The van der Waals surface area contributed by atoms with E-state index in [1.807, 2.05) is 6.07 Å². The maximum atomic E-state index is 13.0. The van der Waals surface area contributed by atoms with Crippen LogP contribution in [-0.2, 0) is 32.8 Å². The summed E-state index contributed by atoms with van der Waals surface area (Å²) >= 11 is 0. The van der Waals surface area contributed by atoms with E-state index in [1.54, 1.807) is 24.3 Å². The van der Waals surface area contributed by atoms with Gasteiger partial charge in [0.1, 0.15) is 18.7 Å². The van der Waals surface area contributed by atoms with Crippen molar-refractivity contribution in [1.29, 1.82) is 0 Å². The predicted octanol–water partition coefficient (Wildman–Crippen LogP) is -0.0784. The summed E-state index contributed by atoms with van der Waals surface area (Å²) in [4.78, 5) is 84.6. The van der Waals surface area contributed by atoms with Crippen molar-refractivity contribution in [2.75, 3.05) is 6.54 Å². The average molecular weight is 536 g/mol. The molecule has 206 valence electrons. The second-order valence-electron chi connectivity index (χ2n) is 8.27. The minimum atomic E-state index is -1.94. The standard InChI is InChI=1S/C23H28N4O11/c1-25-21(35)26(23(37)27(22(25)36)16(19(32)33)10-11-17(28)29)15(18(30)31)9-5-6-12-24-20(34)38-13-14-7-3-2-4-8-14/h2-4,7-8,15-16H,5-6,9-13H2,1H3,(H,24,34)(H,28,29)(H,30,31)(H,32,33). The Morgan fingerprint density at radius 2 is 1.39 bits per heavy atom. The first kappa shape index (κ1) is 29.5. The van der Waals surface area contributed by atoms with Crippen molar-refractivity contribution in [3.8, 4) is 0 Å². The Kier molecular flexibility index (Phi) is 10.6. The van der Waals surface area contributed by atoms with Crippen molar-refractivity contribution in [3.05, 3.63) is 67.3 Å². The normalized spacial score (nSPS) is 12.3. The van der Waals surface area contributed by atoms with Crippen LogP contribution >= 0.6 is 0 Å². The number of benzene rings is 1. The van der Waals surface area contributed by atoms with Crippen LogP contribution in [-0.4, -0.2) is 59.6 Å². The number of alkyl carbamates (subject to hydrolysis) is 1. The fourth-order valence-electron chi connectivity index (χ4n) is 3.63. The highest BCUT2D eigenvalue weighted by atomic mass is 16.5. The van der Waals surface area contributed by atoms with Crippen LogP contribution in [0.15, 0.2) is 44.7 Å². The molecule has 15 heteroatoms. The molecule has 0 saturated heterocycles. The Hall–Kier alpha value is -4.69. The third-order valence-electron chi connectivity index (χ3n) is 5.61. The van der Waals surface area contributed by atoms with Gasteiger partial charge in [0.25, 0.3) is 0 Å². The number of hydrogen-bond donors (Lipinski definition) is 4. The number of carboxylic acids is 3. The van der Waals surface area contributed by atoms with Gasteiger partial charge in [0, 0.05) is 20.0 Å². The van der Waals surface area contributed by atoms with Crippen LogP contribution in [0.4, 0.5) is 4.79 Å². The number of aliphatic carboxylic acids is 3. The predicted molar refractivity (Wildman–Crippen MR) is 129 cm³/mol. The molecule has 15 nitrogen and oxygen atoms in total. The van der Waals surface area contributed by atoms with Gasteiger partial charge in [-0.2, -0.15) is 0 Å². The molecular formula is C23H28N4O11. The SMILES string of the molecule is Cn1c(=O)n(C(CCCCNC(=O)OCc2ccccc2)C(=O)O)c(=O)n(C(CCC(=O)O)C(=O)O)c1=O. The molecule has 0 saturated carbocycles. The zero-order chi connectivity index (χ0) is 28.4. The Morgan fingerprint density at radius 3 is 1.92 bits per heavy atom. The number of carbonyl (C=O) groups excluding carboxylic acids is 1. The molecule has 2 aromatic rings. The highest BCUT2D eigenvalue weighted by Gasteiger charge is 2.31. The number of rotatable bonds is 14. The first-order valence-electron chi connectivity index (χ1n) is 11.5. The second kappa shape index (κ2) is 13.6. The second-order valence-corrected chi connectivity index (χ2v) is 8.27. The van der Waals surface area contributed by atoms with E-state index in [9.17, 15) is 43.8 Å². The highest BCUT2D eigenvalue weighted by Crippen LogP contribution is 2.14. The largest absolute Gasteiger partial charge is 0.481 e. The van der Waals surface area contributed by atoms with E-state index in [-0.39, 0.29) is 41.5 Å². The Morgan fingerprint density at radius 1 is 0.842 bits per heavy atom. The number of carboxylic acid groups (broad SMARTS) is 3. The molecule has 1 heterocycles. The van der Waals surface area contributed by atoms with Crippen molar-refractivity contribution >= 4 is 24.0 Å². The van der Waals surface area contributed by atoms with Gasteiger partial charge in [-0.1, -0.05) is 30.3 Å². The van der Waals surface area contributed by atoms with Crippen LogP contribution in [0, 0.1) is 0 Å². The van der Waals surface area contributed by atoms with Crippen LogP contribution in [0.2, 0.25) is 0 Å².